The van der Waals surface area contributed by atoms with Gasteiger partial charge in [0.2, 0.25) is 6.20 Å². The van der Waals surface area contributed by atoms with Crippen LogP contribution in [-0.2, 0) is 0 Å². The van der Waals surface area contributed by atoms with Crippen LogP contribution >= 0.6 is 0 Å². The summed E-state index contributed by atoms with van der Waals surface area (Å²) in [5, 5.41) is 10.1. The molecule has 0 bridgehead atoms. The molecule has 0 unspecified atom stereocenters. The van der Waals surface area contributed by atoms with Crippen LogP contribution in [0.15, 0.2) is 30.5 Å². The summed E-state index contributed by atoms with van der Waals surface area (Å²) < 4.78 is 5.47. The van der Waals surface area contributed by atoms with Gasteiger partial charge in [-0.2, -0.15) is 0 Å². The first-order chi connectivity index (χ1) is 7.72. The number of hydrogen-bond donors (Lipinski definition) is 0. The summed E-state index contributed by atoms with van der Waals surface area (Å²) in [7, 11) is 0. The first-order valence-electron chi connectivity index (χ1n) is 5.27. The average Bonchev–Trinajstić information content (AvgIpc) is 2.28. The van der Waals surface area contributed by atoms with Crippen LogP contribution in [0.3, 0.4) is 0 Å². The zero-order chi connectivity index (χ0) is 11.8. The molecule has 0 spiro atoms. The molecule has 0 N–H and O–H groups in total. The normalized spacial score (nSPS) is 10.6. The van der Waals surface area contributed by atoms with Gasteiger partial charge in [0.25, 0.3) is 0 Å². The topological polar surface area (TPSA) is 52.4 Å². The molecular formula is C12H15NO3. The van der Waals surface area contributed by atoms with Crippen molar-refractivity contribution in [1.29, 1.82) is 0 Å². The summed E-state index contributed by atoms with van der Waals surface area (Å²) in [6, 6.07) is 7.22. The van der Waals surface area contributed by atoms with Gasteiger partial charge in [0.1, 0.15) is 5.75 Å². The summed E-state index contributed by atoms with van der Waals surface area (Å²) in [5.74, 6) is 0.798. The maximum atomic E-state index is 10.1. The van der Waals surface area contributed by atoms with Crippen molar-refractivity contribution in [2.24, 2.45) is 0 Å². The SMILES string of the molecule is CCCCOc1ccc(C=C[N+](=O)[O-])cc1. The van der Waals surface area contributed by atoms with E-state index in [9.17, 15) is 10.1 Å². The smallest absolute Gasteiger partial charge is 0.235 e. The summed E-state index contributed by atoms with van der Waals surface area (Å²) in [5.41, 5.74) is 0.791. The number of hydrogen-bond acceptors (Lipinski definition) is 3. The Balaban J connectivity index is 2.51. The van der Waals surface area contributed by atoms with Crippen molar-refractivity contribution in [1.82, 2.24) is 0 Å². The van der Waals surface area contributed by atoms with Crippen LogP contribution in [0.1, 0.15) is 25.3 Å². The van der Waals surface area contributed by atoms with Crippen LogP contribution in [0, 0.1) is 10.1 Å². The third kappa shape index (κ3) is 4.59. The van der Waals surface area contributed by atoms with Gasteiger partial charge in [-0.3, -0.25) is 10.1 Å². The van der Waals surface area contributed by atoms with Gasteiger partial charge in [-0.1, -0.05) is 25.5 Å². The van der Waals surface area contributed by atoms with Crippen LogP contribution in [0.4, 0.5) is 0 Å². The van der Waals surface area contributed by atoms with Crippen LogP contribution < -0.4 is 4.74 Å². The van der Waals surface area contributed by atoms with E-state index in [2.05, 4.69) is 6.92 Å². The lowest BCUT2D eigenvalue weighted by molar-refractivity contribution is -0.400. The van der Waals surface area contributed by atoms with Gasteiger partial charge in [-0.05, 0) is 24.1 Å². The molecule has 16 heavy (non-hydrogen) atoms. The third-order valence-electron chi connectivity index (χ3n) is 2.04. The van der Waals surface area contributed by atoms with Crippen LogP contribution in [0.5, 0.6) is 5.75 Å². The molecule has 0 saturated carbocycles. The molecule has 1 aromatic rings. The number of benzene rings is 1. The van der Waals surface area contributed by atoms with Gasteiger partial charge < -0.3 is 4.74 Å². The second-order valence-electron chi connectivity index (χ2n) is 3.37. The summed E-state index contributed by atoms with van der Waals surface area (Å²) >= 11 is 0. The second kappa shape index (κ2) is 6.61. The number of nitrogens with zero attached hydrogens (tertiary/aromatic N) is 1. The minimum Gasteiger partial charge on any atom is -0.494 e. The number of nitro groups is 1. The van der Waals surface area contributed by atoms with E-state index in [-0.39, 0.29) is 0 Å². The van der Waals surface area contributed by atoms with Gasteiger partial charge >= 0.3 is 0 Å². The third-order valence-corrected chi connectivity index (χ3v) is 2.04. The van der Waals surface area contributed by atoms with Crippen molar-refractivity contribution in [2.45, 2.75) is 19.8 Å². The van der Waals surface area contributed by atoms with E-state index in [4.69, 9.17) is 4.74 Å². The fourth-order valence-electron chi connectivity index (χ4n) is 1.16. The summed E-state index contributed by atoms with van der Waals surface area (Å²) in [6.07, 6.45) is 4.51. The molecule has 4 heteroatoms. The van der Waals surface area contributed by atoms with E-state index in [0.29, 0.717) is 6.61 Å². The predicted molar refractivity (Wildman–Crippen MR) is 62.9 cm³/mol. The van der Waals surface area contributed by atoms with E-state index in [1.54, 1.807) is 12.1 Å². The van der Waals surface area contributed by atoms with E-state index in [1.807, 2.05) is 12.1 Å². The Morgan fingerprint density at radius 3 is 2.62 bits per heavy atom. The molecular weight excluding hydrogens is 206 g/mol. The molecule has 0 amide bonds. The van der Waals surface area contributed by atoms with Crippen molar-refractivity contribution >= 4 is 6.08 Å². The minimum absolute atomic E-state index is 0.480. The lowest BCUT2D eigenvalue weighted by atomic mass is 10.2. The molecule has 86 valence electrons. The highest BCUT2D eigenvalue weighted by molar-refractivity contribution is 5.49. The van der Waals surface area contributed by atoms with E-state index >= 15 is 0 Å². The van der Waals surface area contributed by atoms with Crippen molar-refractivity contribution in [3.63, 3.8) is 0 Å². The number of ether oxygens (including phenoxy) is 1. The average molecular weight is 221 g/mol. The fraction of sp³-hybridized carbons (Fsp3) is 0.333. The highest BCUT2D eigenvalue weighted by Crippen LogP contribution is 2.13. The predicted octanol–water partition coefficient (Wildman–Crippen LogP) is 3.11. The Morgan fingerprint density at radius 1 is 1.38 bits per heavy atom. The highest BCUT2D eigenvalue weighted by atomic mass is 16.6. The quantitative estimate of drug-likeness (QED) is 0.421. The van der Waals surface area contributed by atoms with Crippen LogP contribution in [0.2, 0.25) is 0 Å². The minimum atomic E-state index is -0.480. The monoisotopic (exact) mass is 221 g/mol. The second-order valence-corrected chi connectivity index (χ2v) is 3.37. The molecule has 0 atom stereocenters. The summed E-state index contributed by atoms with van der Waals surface area (Å²) in [4.78, 5) is 9.63. The first kappa shape index (κ1) is 12.2. The molecule has 0 heterocycles. The Bertz CT molecular complexity index is 357. The van der Waals surface area contributed by atoms with Gasteiger partial charge in [-0.15, -0.1) is 0 Å². The zero-order valence-electron chi connectivity index (χ0n) is 9.26. The fourth-order valence-corrected chi connectivity index (χ4v) is 1.16. The first-order valence-corrected chi connectivity index (χ1v) is 5.27. The largest absolute Gasteiger partial charge is 0.494 e. The summed E-state index contributed by atoms with van der Waals surface area (Å²) in [6.45, 7) is 2.81. The van der Waals surface area contributed by atoms with Crippen LogP contribution in [-0.4, -0.2) is 11.5 Å². The van der Waals surface area contributed by atoms with Crippen molar-refractivity contribution in [3.8, 4) is 5.75 Å². The van der Waals surface area contributed by atoms with Gasteiger partial charge in [-0.25, -0.2) is 0 Å². The molecule has 0 fully saturated rings. The van der Waals surface area contributed by atoms with Crippen molar-refractivity contribution in [2.75, 3.05) is 6.61 Å². The van der Waals surface area contributed by atoms with Gasteiger partial charge in [0, 0.05) is 6.08 Å². The van der Waals surface area contributed by atoms with E-state index < -0.39 is 4.92 Å². The van der Waals surface area contributed by atoms with Crippen molar-refractivity contribution in [3.05, 3.63) is 46.1 Å². The van der Waals surface area contributed by atoms with Gasteiger partial charge in [0.15, 0.2) is 0 Å². The molecule has 0 aliphatic carbocycles. The van der Waals surface area contributed by atoms with E-state index in [0.717, 1.165) is 30.4 Å². The Morgan fingerprint density at radius 2 is 2.06 bits per heavy atom. The molecule has 0 radical (unpaired) electrons. The number of rotatable bonds is 6. The van der Waals surface area contributed by atoms with Crippen molar-refractivity contribution < 1.29 is 9.66 Å². The van der Waals surface area contributed by atoms with E-state index in [1.165, 1.54) is 6.08 Å². The Labute approximate surface area is 94.7 Å². The Kier molecular flexibility index (Phi) is 5.05. The van der Waals surface area contributed by atoms with Crippen LogP contribution in [0.25, 0.3) is 6.08 Å². The molecule has 0 aromatic heterocycles. The zero-order valence-corrected chi connectivity index (χ0v) is 9.26. The molecule has 0 aliphatic heterocycles. The van der Waals surface area contributed by atoms with Gasteiger partial charge in [0.05, 0.1) is 11.5 Å². The molecule has 0 aliphatic rings. The molecule has 0 saturated heterocycles. The highest BCUT2D eigenvalue weighted by Gasteiger charge is 1.94. The number of unbranched alkanes of at least 4 members (excludes halogenated alkanes) is 1. The maximum Gasteiger partial charge on any atom is 0.235 e. The lowest BCUT2D eigenvalue weighted by Crippen LogP contribution is -1.95. The Hall–Kier alpha value is -1.84. The molecule has 1 rings (SSSR count). The standard InChI is InChI=1S/C12H15NO3/c1-2-3-10-16-12-6-4-11(5-7-12)8-9-13(14)15/h4-9H,2-3,10H2,1H3. The molecule has 4 nitrogen and oxygen atoms in total. The lowest BCUT2D eigenvalue weighted by Gasteiger charge is -2.04. The molecule has 1 aromatic carbocycles. The maximum absolute atomic E-state index is 10.1.